The van der Waals surface area contributed by atoms with Crippen LogP contribution in [0.5, 0.6) is 0 Å². The van der Waals surface area contributed by atoms with Gasteiger partial charge in [-0.25, -0.2) is 4.79 Å². The number of hydrogen-bond donors (Lipinski definition) is 2. The number of ether oxygens (including phenoxy) is 1. The summed E-state index contributed by atoms with van der Waals surface area (Å²) in [5, 5.41) is 12.2. The van der Waals surface area contributed by atoms with Crippen molar-refractivity contribution >= 4 is 23.2 Å². The number of nitrogens with one attached hydrogen (secondary N) is 1. The van der Waals surface area contributed by atoms with Crippen molar-refractivity contribution in [3.05, 3.63) is 22.4 Å². The number of piperidine rings is 1. The van der Waals surface area contributed by atoms with Crippen molar-refractivity contribution in [2.45, 2.75) is 31.7 Å². The third-order valence-electron chi connectivity index (χ3n) is 4.67. The normalized spacial score (nSPS) is 25.3. The molecule has 2 fully saturated rings. The lowest BCUT2D eigenvalue weighted by Gasteiger charge is -2.33. The number of hydrogen-bond acceptors (Lipinski definition) is 5. The summed E-state index contributed by atoms with van der Waals surface area (Å²) in [5.74, 6) is -1.46. The summed E-state index contributed by atoms with van der Waals surface area (Å²) in [6.45, 7) is 3.69. The minimum Gasteiger partial charge on any atom is -0.475 e. The molecule has 1 amide bonds. The maximum absolute atomic E-state index is 12.0. The second-order valence-electron chi connectivity index (χ2n) is 6.71. The van der Waals surface area contributed by atoms with Crippen LogP contribution in [0, 0.1) is 11.8 Å². The Labute approximate surface area is 159 Å². The Morgan fingerprint density at radius 2 is 2.15 bits per heavy atom. The number of carbonyl (C=O) groups excluding carboxylic acids is 1. The molecule has 0 aliphatic carbocycles. The zero-order chi connectivity index (χ0) is 20.0. The number of rotatable bonds is 4. The Hall–Kier alpha value is -1.65. The molecule has 3 rings (SSSR count). The van der Waals surface area contributed by atoms with E-state index >= 15 is 0 Å². The number of thiophene rings is 1. The van der Waals surface area contributed by atoms with Crippen molar-refractivity contribution in [1.82, 2.24) is 10.2 Å². The highest BCUT2D eigenvalue weighted by molar-refractivity contribution is 7.09. The lowest BCUT2D eigenvalue weighted by atomic mass is 9.83. The van der Waals surface area contributed by atoms with Gasteiger partial charge in [0.05, 0.1) is 25.7 Å². The largest absolute Gasteiger partial charge is 0.490 e. The highest BCUT2D eigenvalue weighted by atomic mass is 32.1. The van der Waals surface area contributed by atoms with E-state index in [9.17, 15) is 18.0 Å². The number of halogens is 3. The third-order valence-corrected chi connectivity index (χ3v) is 5.54. The number of alkyl halides is 3. The van der Waals surface area contributed by atoms with Crippen LogP contribution in [-0.2, 0) is 20.9 Å². The van der Waals surface area contributed by atoms with E-state index < -0.39 is 12.1 Å². The smallest absolute Gasteiger partial charge is 0.475 e. The quantitative estimate of drug-likeness (QED) is 0.800. The summed E-state index contributed by atoms with van der Waals surface area (Å²) in [5.41, 5.74) is 0. The van der Waals surface area contributed by atoms with Crippen LogP contribution in [0.3, 0.4) is 0 Å². The monoisotopic (exact) mass is 408 g/mol. The van der Waals surface area contributed by atoms with Gasteiger partial charge in [-0.05, 0) is 37.4 Å². The molecule has 2 saturated heterocycles. The van der Waals surface area contributed by atoms with Gasteiger partial charge in [-0.1, -0.05) is 6.07 Å². The Kier molecular flexibility index (Phi) is 7.63. The first-order valence-corrected chi connectivity index (χ1v) is 9.44. The van der Waals surface area contributed by atoms with Gasteiger partial charge in [-0.3, -0.25) is 4.79 Å². The number of aliphatic carboxylic acids is 1. The molecule has 1 aromatic heterocycles. The van der Waals surface area contributed by atoms with Crippen molar-refractivity contribution < 1.29 is 32.6 Å². The first kappa shape index (κ1) is 21.6. The number of amides is 1. The molecule has 1 aromatic rings. The lowest BCUT2D eigenvalue weighted by Crippen LogP contribution is -2.40. The number of carbonyl (C=O) groups is 2. The van der Waals surface area contributed by atoms with Gasteiger partial charge in [0.15, 0.2) is 0 Å². The summed E-state index contributed by atoms with van der Waals surface area (Å²) in [7, 11) is 2.16. The van der Waals surface area contributed by atoms with Crippen molar-refractivity contribution in [1.29, 1.82) is 0 Å². The maximum atomic E-state index is 12.0. The summed E-state index contributed by atoms with van der Waals surface area (Å²) in [6, 6.07) is 4.05. The predicted octanol–water partition coefficient (Wildman–Crippen LogP) is 2.35. The maximum Gasteiger partial charge on any atom is 0.490 e. The van der Waals surface area contributed by atoms with Gasteiger partial charge in [0.1, 0.15) is 0 Å². The Bertz CT molecular complexity index is 624. The molecule has 3 heterocycles. The fourth-order valence-corrected chi connectivity index (χ4v) is 3.98. The Morgan fingerprint density at radius 3 is 2.74 bits per heavy atom. The number of fused-ring (bicyclic) bond motifs is 1. The van der Waals surface area contributed by atoms with Crippen molar-refractivity contribution in [2.75, 3.05) is 26.7 Å². The molecular formula is C17H23F3N2O4S. The number of likely N-dealkylation sites (tertiary alicyclic amines) is 1. The first-order chi connectivity index (χ1) is 12.7. The number of nitrogens with zero attached hydrogens (tertiary/aromatic N) is 1. The van der Waals surface area contributed by atoms with Crippen LogP contribution in [0.25, 0.3) is 0 Å². The second-order valence-corrected chi connectivity index (χ2v) is 7.74. The molecule has 0 aromatic carbocycles. The van der Waals surface area contributed by atoms with Crippen LogP contribution in [0.4, 0.5) is 13.2 Å². The van der Waals surface area contributed by atoms with Crippen LogP contribution in [-0.4, -0.2) is 60.9 Å². The Morgan fingerprint density at radius 1 is 1.44 bits per heavy atom. The first-order valence-electron chi connectivity index (χ1n) is 8.56. The molecule has 0 spiro atoms. The predicted molar refractivity (Wildman–Crippen MR) is 93.3 cm³/mol. The molecule has 152 valence electrons. The van der Waals surface area contributed by atoms with E-state index in [1.165, 1.54) is 4.88 Å². The number of carboxylic acids is 1. The van der Waals surface area contributed by atoms with E-state index in [2.05, 4.69) is 17.3 Å². The average Bonchev–Trinajstić information content (AvgIpc) is 3.22. The molecule has 0 saturated carbocycles. The van der Waals surface area contributed by atoms with Crippen LogP contribution in [0.2, 0.25) is 0 Å². The molecule has 6 nitrogen and oxygen atoms in total. The molecule has 0 unspecified atom stereocenters. The van der Waals surface area contributed by atoms with Gasteiger partial charge < -0.3 is 20.1 Å². The SMILES string of the molecule is CN1CC[C@@H]2[C@@H](CO[C@H]2CC(=O)NCc2cccs2)C1.O=C(O)C(F)(F)F. The standard InChI is InChI=1S/C15H22N2O2S.C2HF3O2/c1-17-5-4-13-11(9-17)10-19-14(13)7-15(18)16-8-12-3-2-6-20-12;3-2(4,5)1(6)7/h2-3,6,11,13-14H,4-5,7-10H2,1H3,(H,16,18);(H,6,7)/t11-,13-,14+;/m1./s1. The fourth-order valence-electron chi connectivity index (χ4n) is 3.33. The number of carboxylic acid groups (broad SMARTS) is 1. The fraction of sp³-hybridized carbons (Fsp3) is 0.647. The van der Waals surface area contributed by atoms with E-state index in [1.54, 1.807) is 11.3 Å². The van der Waals surface area contributed by atoms with Gasteiger partial charge in [-0.2, -0.15) is 13.2 Å². The molecule has 3 atom stereocenters. The topological polar surface area (TPSA) is 78.9 Å². The third kappa shape index (κ3) is 6.78. The van der Waals surface area contributed by atoms with E-state index in [-0.39, 0.29) is 12.0 Å². The van der Waals surface area contributed by atoms with E-state index in [0.29, 0.717) is 24.8 Å². The summed E-state index contributed by atoms with van der Waals surface area (Å²) in [4.78, 5) is 24.5. The minimum absolute atomic E-state index is 0.114. The van der Waals surface area contributed by atoms with E-state index in [4.69, 9.17) is 14.6 Å². The minimum atomic E-state index is -5.08. The van der Waals surface area contributed by atoms with Gasteiger partial charge in [0.25, 0.3) is 0 Å². The molecule has 0 bridgehead atoms. The van der Waals surface area contributed by atoms with Gasteiger partial charge in [0.2, 0.25) is 5.91 Å². The molecule has 27 heavy (non-hydrogen) atoms. The van der Waals surface area contributed by atoms with Crippen LogP contribution >= 0.6 is 11.3 Å². The molecule has 10 heteroatoms. The summed E-state index contributed by atoms with van der Waals surface area (Å²) in [6.07, 6.45) is -3.29. The zero-order valence-corrected chi connectivity index (χ0v) is 15.7. The van der Waals surface area contributed by atoms with Crippen LogP contribution in [0.15, 0.2) is 17.5 Å². The van der Waals surface area contributed by atoms with Crippen molar-refractivity contribution in [2.24, 2.45) is 11.8 Å². The molecule has 2 aliphatic rings. The average molecular weight is 408 g/mol. The second kappa shape index (κ2) is 9.52. The molecule has 0 radical (unpaired) electrons. The van der Waals surface area contributed by atoms with E-state index in [0.717, 1.165) is 26.1 Å². The highest BCUT2D eigenvalue weighted by Gasteiger charge is 2.40. The van der Waals surface area contributed by atoms with Crippen molar-refractivity contribution in [3.63, 3.8) is 0 Å². The van der Waals surface area contributed by atoms with Gasteiger partial charge in [0, 0.05) is 17.3 Å². The highest BCUT2D eigenvalue weighted by Crippen LogP contribution is 2.35. The lowest BCUT2D eigenvalue weighted by molar-refractivity contribution is -0.192. The molecule has 2 N–H and O–H groups in total. The zero-order valence-electron chi connectivity index (χ0n) is 14.9. The summed E-state index contributed by atoms with van der Waals surface area (Å²) < 4.78 is 37.6. The van der Waals surface area contributed by atoms with Gasteiger partial charge in [-0.15, -0.1) is 11.3 Å². The van der Waals surface area contributed by atoms with Crippen LogP contribution in [0.1, 0.15) is 17.7 Å². The van der Waals surface area contributed by atoms with E-state index in [1.807, 2.05) is 17.5 Å². The van der Waals surface area contributed by atoms with Crippen molar-refractivity contribution in [3.8, 4) is 0 Å². The molecule has 2 aliphatic heterocycles. The van der Waals surface area contributed by atoms with Gasteiger partial charge >= 0.3 is 12.1 Å². The summed E-state index contributed by atoms with van der Waals surface area (Å²) >= 11 is 1.67. The van der Waals surface area contributed by atoms with Crippen LogP contribution < -0.4 is 5.32 Å². The Balaban J connectivity index is 0.000000321. The molecular weight excluding hydrogens is 385 g/mol.